The maximum atomic E-state index is 12.4. The van der Waals surface area contributed by atoms with Gasteiger partial charge in [-0.1, -0.05) is 19.3 Å². The average molecular weight is 374 g/mol. The predicted molar refractivity (Wildman–Crippen MR) is 106 cm³/mol. The predicted octanol–water partition coefficient (Wildman–Crippen LogP) is 2.70. The molecule has 0 heterocycles. The molecule has 0 radical (unpaired) electrons. The van der Waals surface area contributed by atoms with Gasteiger partial charge in [-0.2, -0.15) is 0 Å². The van der Waals surface area contributed by atoms with E-state index in [1.54, 1.807) is 25.1 Å². The molecule has 7 heteroatoms. The molecule has 1 aliphatic carbocycles. The molecule has 0 unspecified atom stereocenters. The molecule has 1 aromatic rings. The minimum atomic E-state index is -0.634. The summed E-state index contributed by atoms with van der Waals surface area (Å²) in [6.45, 7) is 5.78. The molecule has 1 atom stereocenters. The van der Waals surface area contributed by atoms with Gasteiger partial charge in [-0.25, -0.2) is 4.79 Å². The summed E-state index contributed by atoms with van der Waals surface area (Å²) in [6, 6.07) is 4.34. The number of anilines is 1. The fraction of sp³-hybridized carbons (Fsp3) is 0.550. The molecule has 0 spiro atoms. The minimum absolute atomic E-state index is 0.0779. The van der Waals surface area contributed by atoms with Crippen molar-refractivity contribution in [3.63, 3.8) is 0 Å². The zero-order valence-electron chi connectivity index (χ0n) is 16.4. The Bertz CT molecular complexity index is 684. The first kappa shape index (κ1) is 20.7. The van der Waals surface area contributed by atoms with Crippen LogP contribution < -0.4 is 21.3 Å². The van der Waals surface area contributed by atoms with Crippen molar-refractivity contribution in [3.8, 4) is 0 Å². The Labute approximate surface area is 160 Å². The van der Waals surface area contributed by atoms with Gasteiger partial charge < -0.3 is 21.3 Å². The number of carbonyl (C=O) groups is 3. The fourth-order valence-corrected chi connectivity index (χ4v) is 3.21. The van der Waals surface area contributed by atoms with Crippen molar-refractivity contribution in [2.24, 2.45) is 0 Å². The molecule has 1 saturated carbocycles. The lowest BCUT2D eigenvalue weighted by Gasteiger charge is -2.23. The Morgan fingerprint density at radius 3 is 2.48 bits per heavy atom. The first-order valence-corrected chi connectivity index (χ1v) is 9.67. The van der Waals surface area contributed by atoms with Crippen molar-refractivity contribution in [1.29, 1.82) is 0 Å². The maximum absolute atomic E-state index is 12.4. The zero-order chi connectivity index (χ0) is 19.8. The lowest BCUT2D eigenvalue weighted by atomic mass is 9.95. The summed E-state index contributed by atoms with van der Waals surface area (Å²) >= 11 is 0. The number of rotatable bonds is 6. The molecule has 0 saturated heterocycles. The molecule has 1 fully saturated rings. The molecular weight excluding hydrogens is 344 g/mol. The lowest BCUT2D eigenvalue weighted by Crippen LogP contribution is -2.46. The van der Waals surface area contributed by atoms with Gasteiger partial charge in [0.05, 0.1) is 0 Å². The van der Waals surface area contributed by atoms with Gasteiger partial charge in [0.25, 0.3) is 5.91 Å². The van der Waals surface area contributed by atoms with Crippen LogP contribution in [0.25, 0.3) is 0 Å². The number of nitrogens with one attached hydrogen (secondary N) is 4. The molecular formula is C20H30N4O3. The second-order valence-electron chi connectivity index (χ2n) is 7.05. The van der Waals surface area contributed by atoms with Gasteiger partial charge in [-0.3, -0.25) is 9.59 Å². The van der Waals surface area contributed by atoms with E-state index in [1.807, 2.05) is 13.8 Å². The van der Waals surface area contributed by atoms with Crippen LogP contribution in [0.4, 0.5) is 10.5 Å². The average Bonchev–Trinajstić information content (AvgIpc) is 2.64. The second kappa shape index (κ2) is 9.94. The van der Waals surface area contributed by atoms with Gasteiger partial charge in [0.15, 0.2) is 0 Å². The van der Waals surface area contributed by atoms with E-state index in [0.29, 0.717) is 17.8 Å². The second-order valence-corrected chi connectivity index (χ2v) is 7.05. The fourth-order valence-electron chi connectivity index (χ4n) is 3.21. The Balaban J connectivity index is 1.92. The van der Waals surface area contributed by atoms with Gasteiger partial charge in [0.1, 0.15) is 6.04 Å². The van der Waals surface area contributed by atoms with Gasteiger partial charge in [0.2, 0.25) is 5.91 Å². The van der Waals surface area contributed by atoms with E-state index in [-0.39, 0.29) is 17.9 Å². The van der Waals surface area contributed by atoms with Crippen LogP contribution in [-0.4, -0.2) is 36.5 Å². The van der Waals surface area contributed by atoms with E-state index in [2.05, 4.69) is 21.3 Å². The van der Waals surface area contributed by atoms with Crippen molar-refractivity contribution in [2.75, 3.05) is 11.9 Å². The SMILES string of the molecule is CCNC(=O)[C@@H](C)NC(=O)Nc1ccc(C(=O)NC2CCCCC2)cc1C. The number of benzene rings is 1. The highest BCUT2D eigenvalue weighted by atomic mass is 16.2. The Morgan fingerprint density at radius 1 is 1.15 bits per heavy atom. The summed E-state index contributed by atoms with van der Waals surface area (Å²) in [4.78, 5) is 36.2. The highest BCUT2D eigenvalue weighted by Crippen LogP contribution is 2.20. The van der Waals surface area contributed by atoms with E-state index in [4.69, 9.17) is 0 Å². The standard InChI is InChI=1S/C20H30N4O3/c1-4-21-18(25)14(3)22-20(27)24-17-11-10-15(12-13(17)2)19(26)23-16-8-6-5-7-9-16/h10-12,14,16H,4-9H2,1-3H3,(H,21,25)(H,23,26)(H2,22,24,27)/t14-/m1/s1. The third-order valence-corrected chi connectivity index (χ3v) is 4.77. The number of amides is 4. The molecule has 0 aliphatic heterocycles. The molecule has 148 valence electrons. The Hall–Kier alpha value is -2.57. The van der Waals surface area contributed by atoms with Crippen LogP contribution in [0.5, 0.6) is 0 Å². The van der Waals surface area contributed by atoms with Crippen LogP contribution in [0.15, 0.2) is 18.2 Å². The van der Waals surface area contributed by atoms with Crippen molar-refractivity contribution in [2.45, 2.75) is 65.0 Å². The van der Waals surface area contributed by atoms with Crippen molar-refractivity contribution < 1.29 is 14.4 Å². The number of likely N-dealkylation sites (N-methyl/N-ethyl adjacent to an activating group) is 1. The van der Waals surface area contributed by atoms with E-state index in [1.165, 1.54) is 6.42 Å². The highest BCUT2D eigenvalue weighted by molar-refractivity contribution is 5.97. The first-order valence-electron chi connectivity index (χ1n) is 9.67. The minimum Gasteiger partial charge on any atom is -0.355 e. The van der Waals surface area contributed by atoms with Crippen LogP contribution in [-0.2, 0) is 4.79 Å². The van der Waals surface area contributed by atoms with Gasteiger partial charge in [-0.05, 0) is 57.4 Å². The monoisotopic (exact) mass is 374 g/mol. The maximum Gasteiger partial charge on any atom is 0.319 e. The van der Waals surface area contributed by atoms with Crippen LogP contribution in [0.1, 0.15) is 61.9 Å². The largest absolute Gasteiger partial charge is 0.355 e. The number of carbonyl (C=O) groups excluding carboxylic acids is 3. The van der Waals surface area contributed by atoms with Crippen LogP contribution >= 0.6 is 0 Å². The molecule has 1 aliphatic rings. The van der Waals surface area contributed by atoms with Crippen LogP contribution in [0, 0.1) is 6.92 Å². The molecule has 4 amide bonds. The summed E-state index contributed by atoms with van der Waals surface area (Å²) in [5, 5.41) is 11.1. The Kier molecular flexibility index (Phi) is 7.64. The summed E-state index contributed by atoms with van der Waals surface area (Å²) in [6.07, 6.45) is 5.64. The van der Waals surface area contributed by atoms with E-state index < -0.39 is 12.1 Å². The number of hydrogen-bond acceptors (Lipinski definition) is 3. The van der Waals surface area contributed by atoms with Crippen molar-refractivity contribution in [3.05, 3.63) is 29.3 Å². The topological polar surface area (TPSA) is 99.3 Å². The number of hydrogen-bond donors (Lipinski definition) is 4. The highest BCUT2D eigenvalue weighted by Gasteiger charge is 2.18. The molecule has 4 N–H and O–H groups in total. The van der Waals surface area contributed by atoms with Crippen LogP contribution in [0.2, 0.25) is 0 Å². The smallest absolute Gasteiger partial charge is 0.319 e. The molecule has 2 rings (SSSR count). The third-order valence-electron chi connectivity index (χ3n) is 4.77. The van der Waals surface area contributed by atoms with E-state index >= 15 is 0 Å². The number of aryl methyl sites for hydroxylation is 1. The van der Waals surface area contributed by atoms with Crippen molar-refractivity contribution >= 4 is 23.5 Å². The van der Waals surface area contributed by atoms with Crippen LogP contribution in [0.3, 0.4) is 0 Å². The molecule has 0 aromatic heterocycles. The molecule has 7 nitrogen and oxygen atoms in total. The molecule has 1 aromatic carbocycles. The van der Waals surface area contributed by atoms with Gasteiger partial charge in [0, 0.05) is 23.8 Å². The van der Waals surface area contributed by atoms with E-state index in [0.717, 1.165) is 31.2 Å². The number of urea groups is 1. The van der Waals surface area contributed by atoms with Crippen molar-refractivity contribution in [1.82, 2.24) is 16.0 Å². The molecule has 27 heavy (non-hydrogen) atoms. The van der Waals surface area contributed by atoms with Gasteiger partial charge in [-0.15, -0.1) is 0 Å². The summed E-state index contributed by atoms with van der Waals surface area (Å²) in [7, 11) is 0. The zero-order valence-corrected chi connectivity index (χ0v) is 16.4. The van der Waals surface area contributed by atoms with E-state index in [9.17, 15) is 14.4 Å². The third kappa shape index (κ3) is 6.27. The first-order chi connectivity index (χ1) is 12.9. The summed E-state index contributed by atoms with van der Waals surface area (Å²) < 4.78 is 0. The normalized spacial score (nSPS) is 15.5. The quantitative estimate of drug-likeness (QED) is 0.616. The lowest BCUT2D eigenvalue weighted by molar-refractivity contribution is -0.122. The summed E-state index contributed by atoms with van der Waals surface area (Å²) in [5.74, 6) is -0.315. The Morgan fingerprint density at radius 2 is 1.85 bits per heavy atom. The van der Waals surface area contributed by atoms with Gasteiger partial charge >= 0.3 is 6.03 Å². The summed E-state index contributed by atoms with van der Waals surface area (Å²) in [5.41, 5.74) is 1.97. The molecule has 0 bridgehead atoms.